The Morgan fingerprint density at radius 2 is 1.59 bits per heavy atom. The second-order valence-corrected chi connectivity index (χ2v) is 15.1. The van der Waals surface area contributed by atoms with Crippen molar-refractivity contribution >= 4 is 17.8 Å². The van der Waals surface area contributed by atoms with Crippen LogP contribution < -0.4 is 0 Å². The van der Waals surface area contributed by atoms with Gasteiger partial charge in [-0.25, -0.2) is 26.7 Å². The Bertz CT molecular complexity index is 1930. The molecule has 2 amide bonds. The minimum atomic E-state index is -4.81. The van der Waals surface area contributed by atoms with Crippen molar-refractivity contribution in [3.8, 4) is 0 Å². The average molecular weight is 771 g/mol. The standard InChI is InChI=1S/C37H38F8N4O5/c1-34(2,37(43,44)45)33(53)48-19-35(20-48)18-47(31(50)24-12-46-49(14-24)13-23-10-28(39)29(40)11-27(23)38)15-25(35)17-54-16-22-4-3-5-26(30(22)32(51)52)21-6-8-36(41,42)9-7-21/h3-5,10-12,14,21,25H,6-9,13,15-20H2,1-2H3,(H,51,52)/t25-/m0/s1. The molecular weight excluding hydrogens is 732 g/mol. The van der Waals surface area contributed by atoms with Crippen molar-refractivity contribution in [2.24, 2.45) is 16.7 Å². The predicted molar refractivity (Wildman–Crippen MR) is 175 cm³/mol. The summed E-state index contributed by atoms with van der Waals surface area (Å²) in [6, 6.07) is 5.87. The molecular formula is C37H38F8N4O5. The number of hydrogen-bond donors (Lipinski definition) is 1. The van der Waals surface area contributed by atoms with Crippen molar-refractivity contribution in [2.75, 3.05) is 32.8 Å². The van der Waals surface area contributed by atoms with Gasteiger partial charge in [0.25, 0.3) is 5.91 Å². The molecule has 2 saturated heterocycles. The molecule has 1 aliphatic carbocycles. The number of halogens is 8. The molecule has 1 spiro atoms. The maximum atomic E-state index is 14.3. The highest BCUT2D eigenvalue weighted by molar-refractivity contribution is 5.94. The monoisotopic (exact) mass is 770 g/mol. The van der Waals surface area contributed by atoms with Gasteiger partial charge in [0.15, 0.2) is 11.6 Å². The number of aromatic carboxylic acids is 1. The summed E-state index contributed by atoms with van der Waals surface area (Å²) in [6.07, 6.45) is -2.80. The van der Waals surface area contributed by atoms with Crippen molar-refractivity contribution in [3.63, 3.8) is 0 Å². The number of carbonyl (C=O) groups is 3. The fourth-order valence-corrected chi connectivity index (χ4v) is 7.76. The number of amides is 2. The van der Waals surface area contributed by atoms with Gasteiger partial charge in [0.05, 0.1) is 37.1 Å². The maximum absolute atomic E-state index is 14.3. The Morgan fingerprint density at radius 3 is 2.24 bits per heavy atom. The van der Waals surface area contributed by atoms with Crippen molar-refractivity contribution in [1.29, 1.82) is 0 Å². The van der Waals surface area contributed by atoms with Crippen LogP contribution in [0.3, 0.4) is 0 Å². The van der Waals surface area contributed by atoms with Crippen molar-refractivity contribution < 1.29 is 59.4 Å². The van der Waals surface area contributed by atoms with Crippen LogP contribution in [-0.4, -0.2) is 87.4 Å². The molecule has 1 atom stereocenters. The number of benzene rings is 2. The first-order valence-corrected chi connectivity index (χ1v) is 17.3. The second-order valence-electron chi connectivity index (χ2n) is 15.1. The molecule has 0 radical (unpaired) electrons. The van der Waals surface area contributed by atoms with Gasteiger partial charge in [0.1, 0.15) is 11.2 Å². The zero-order chi connectivity index (χ0) is 39.4. The molecule has 0 unspecified atom stereocenters. The highest BCUT2D eigenvalue weighted by atomic mass is 19.4. The summed E-state index contributed by atoms with van der Waals surface area (Å²) in [5, 5.41) is 14.2. The topological polar surface area (TPSA) is 105 Å². The summed E-state index contributed by atoms with van der Waals surface area (Å²) >= 11 is 0. The van der Waals surface area contributed by atoms with Gasteiger partial charge in [-0.15, -0.1) is 0 Å². The molecule has 17 heteroatoms. The molecule has 2 aromatic carbocycles. The number of hydrogen-bond acceptors (Lipinski definition) is 5. The Morgan fingerprint density at radius 1 is 0.944 bits per heavy atom. The summed E-state index contributed by atoms with van der Waals surface area (Å²) in [4.78, 5) is 41.7. The minimum Gasteiger partial charge on any atom is -0.478 e. The molecule has 292 valence electrons. The largest absolute Gasteiger partial charge is 0.478 e. The van der Waals surface area contributed by atoms with Crippen LogP contribution in [0.25, 0.3) is 0 Å². The summed E-state index contributed by atoms with van der Waals surface area (Å²) in [5.74, 6) is -10.2. The zero-order valence-corrected chi connectivity index (χ0v) is 29.4. The van der Waals surface area contributed by atoms with Crippen molar-refractivity contribution in [1.82, 2.24) is 19.6 Å². The molecule has 9 nitrogen and oxygen atoms in total. The number of likely N-dealkylation sites (tertiary alicyclic amines) is 2. The summed E-state index contributed by atoms with van der Waals surface area (Å²) in [5.41, 5.74) is -3.00. The smallest absolute Gasteiger partial charge is 0.402 e. The highest BCUT2D eigenvalue weighted by Crippen LogP contribution is 2.48. The van der Waals surface area contributed by atoms with E-state index in [1.165, 1.54) is 17.3 Å². The summed E-state index contributed by atoms with van der Waals surface area (Å²) < 4.78 is 117. The van der Waals surface area contributed by atoms with Crippen LogP contribution in [-0.2, 0) is 22.7 Å². The zero-order valence-electron chi connectivity index (χ0n) is 29.4. The molecule has 3 heterocycles. The number of ether oxygens (including phenoxy) is 1. The van der Waals surface area contributed by atoms with Gasteiger partial charge < -0.3 is 19.6 Å². The molecule has 3 fully saturated rings. The van der Waals surface area contributed by atoms with E-state index in [0.29, 0.717) is 23.3 Å². The first kappa shape index (κ1) is 39.2. The van der Waals surface area contributed by atoms with Gasteiger partial charge in [-0.2, -0.15) is 18.3 Å². The van der Waals surface area contributed by atoms with Crippen LogP contribution in [0.1, 0.15) is 82.9 Å². The third-order valence-electron chi connectivity index (χ3n) is 11.1. The number of carbonyl (C=O) groups excluding carboxylic acids is 2. The SMILES string of the molecule is CC(C)(C(=O)N1CC2(CN(C(=O)c3cnn(Cc4cc(F)c(F)cc4F)c3)C[C@H]2COCc2cccc(C3CCC(F)(F)CC3)c2C(=O)O)C1)C(F)(F)F. The fourth-order valence-electron chi connectivity index (χ4n) is 7.76. The highest BCUT2D eigenvalue weighted by Gasteiger charge is 2.61. The van der Waals surface area contributed by atoms with Crippen LogP contribution in [0.15, 0.2) is 42.7 Å². The number of carboxylic acids is 1. The lowest BCUT2D eigenvalue weighted by atomic mass is 9.70. The van der Waals surface area contributed by atoms with Gasteiger partial charge in [-0.1, -0.05) is 18.2 Å². The van der Waals surface area contributed by atoms with Gasteiger partial charge in [-0.05, 0) is 49.8 Å². The average Bonchev–Trinajstić information content (AvgIpc) is 3.70. The number of nitrogens with zero attached hydrogens (tertiary/aromatic N) is 4. The summed E-state index contributed by atoms with van der Waals surface area (Å²) in [7, 11) is 0. The van der Waals surface area contributed by atoms with E-state index in [-0.39, 0.29) is 94.2 Å². The van der Waals surface area contributed by atoms with Gasteiger partial charge in [0, 0.05) is 68.2 Å². The quantitative estimate of drug-likeness (QED) is 0.175. The third kappa shape index (κ3) is 7.55. The lowest BCUT2D eigenvalue weighted by Gasteiger charge is -2.52. The third-order valence-corrected chi connectivity index (χ3v) is 11.1. The van der Waals surface area contributed by atoms with E-state index in [0.717, 1.165) is 23.4 Å². The predicted octanol–water partition coefficient (Wildman–Crippen LogP) is 7.05. The van der Waals surface area contributed by atoms with Crippen LogP contribution in [0.4, 0.5) is 35.1 Å². The van der Waals surface area contributed by atoms with Crippen molar-refractivity contribution in [2.45, 2.75) is 70.7 Å². The Balaban J connectivity index is 1.19. The van der Waals surface area contributed by atoms with Crippen molar-refractivity contribution in [3.05, 3.63) is 88.0 Å². The Hall–Kier alpha value is -4.54. The summed E-state index contributed by atoms with van der Waals surface area (Å²) in [6.45, 7) is 0.855. The van der Waals surface area contributed by atoms with E-state index >= 15 is 0 Å². The van der Waals surface area contributed by atoms with E-state index in [1.807, 2.05) is 0 Å². The van der Waals surface area contributed by atoms with E-state index in [1.54, 1.807) is 18.2 Å². The van der Waals surface area contributed by atoms with Gasteiger partial charge >= 0.3 is 12.1 Å². The molecule has 3 aliphatic rings. The molecule has 54 heavy (non-hydrogen) atoms. The molecule has 1 N–H and O–H groups in total. The van der Waals surface area contributed by atoms with E-state index < -0.39 is 64.1 Å². The maximum Gasteiger partial charge on any atom is 0.402 e. The molecule has 1 aromatic heterocycles. The normalized spacial score (nSPS) is 20.0. The number of rotatable bonds is 10. The fraction of sp³-hybridized carbons (Fsp3) is 0.514. The Labute approximate surface area is 304 Å². The van der Waals surface area contributed by atoms with E-state index in [9.17, 15) is 54.6 Å². The minimum absolute atomic E-state index is 0.0290. The molecule has 2 aliphatic heterocycles. The Kier molecular flexibility index (Phi) is 10.3. The van der Waals surface area contributed by atoms with Crippen LogP contribution in [0.2, 0.25) is 0 Å². The van der Waals surface area contributed by atoms with E-state index in [2.05, 4.69) is 5.10 Å². The van der Waals surface area contributed by atoms with Crippen LogP contribution >= 0.6 is 0 Å². The number of alkyl halides is 5. The molecule has 3 aromatic rings. The second kappa shape index (κ2) is 14.3. The molecule has 1 saturated carbocycles. The number of aromatic nitrogens is 2. The van der Waals surface area contributed by atoms with E-state index in [4.69, 9.17) is 4.74 Å². The van der Waals surface area contributed by atoms with Gasteiger partial charge in [0.2, 0.25) is 11.8 Å². The first-order chi connectivity index (χ1) is 25.2. The molecule has 0 bridgehead atoms. The van der Waals surface area contributed by atoms with Gasteiger partial charge in [-0.3, -0.25) is 14.3 Å². The lowest BCUT2D eigenvalue weighted by Crippen LogP contribution is -2.66. The number of carboxylic acid groups (broad SMARTS) is 1. The van der Waals surface area contributed by atoms with Crippen LogP contribution in [0.5, 0.6) is 0 Å². The van der Waals surface area contributed by atoms with Crippen LogP contribution in [0, 0.1) is 34.2 Å². The molecule has 6 rings (SSSR count). The lowest BCUT2D eigenvalue weighted by molar-refractivity contribution is -0.223. The first-order valence-electron chi connectivity index (χ1n) is 17.3.